The molecule has 0 unspecified atom stereocenters. The van der Waals surface area contributed by atoms with E-state index in [2.05, 4.69) is 5.32 Å². The van der Waals surface area contributed by atoms with Gasteiger partial charge in [-0.05, 0) is 53.9 Å². The Kier molecular flexibility index (Phi) is 12.5. The van der Waals surface area contributed by atoms with Crippen molar-refractivity contribution in [2.45, 2.75) is 56.5 Å². The van der Waals surface area contributed by atoms with Crippen LogP contribution in [0.3, 0.4) is 0 Å². The third kappa shape index (κ3) is 8.04. The van der Waals surface area contributed by atoms with Crippen molar-refractivity contribution in [2.75, 3.05) is 41.1 Å². The van der Waals surface area contributed by atoms with Crippen molar-refractivity contribution in [3.8, 4) is 11.5 Å². The Hall–Kier alpha value is -4.00. The van der Waals surface area contributed by atoms with Crippen LogP contribution in [0.5, 0.6) is 11.5 Å². The number of methoxy groups -OCH3 is 3. The second kappa shape index (κ2) is 16.5. The van der Waals surface area contributed by atoms with Gasteiger partial charge in [0.15, 0.2) is 12.4 Å². The summed E-state index contributed by atoms with van der Waals surface area (Å²) in [5.74, 6) is 0.507. The first-order valence-corrected chi connectivity index (χ1v) is 15.2. The molecule has 3 aromatic carbocycles. The highest BCUT2D eigenvalue weighted by molar-refractivity contribution is 5.73. The van der Waals surface area contributed by atoms with Crippen LogP contribution < -0.4 is 20.5 Å². The zero-order valence-electron chi connectivity index (χ0n) is 27.0. The summed E-state index contributed by atoms with van der Waals surface area (Å²) in [6.07, 6.45) is -2.97. The summed E-state index contributed by atoms with van der Waals surface area (Å²) >= 11 is 0. The molecule has 0 spiro atoms. The highest BCUT2D eigenvalue weighted by atomic mass is 16.7. The molecule has 248 valence electrons. The van der Waals surface area contributed by atoms with Gasteiger partial charge in [-0.1, -0.05) is 54.6 Å². The minimum absolute atomic E-state index is 0.0211. The van der Waals surface area contributed by atoms with Gasteiger partial charge in [0, 0.05) is 21.0 Å². The zero-order valence-corrected chi connectivity index (χ0v) is 27.0. The van der Waals surface area contributed by atoms with Crippen molar-refractivity contribution in [2.24, 2.45) is 5.73 Å². The molecule has 1 amide bonds. The molecule has 0 radical (unpaired) electrons. The van der Waals surface area contributed by atoms with Gasteiger partial charge < -0.3 is 44.2 Å². The Morgan fingerprint density at radius 3 is 1.87 bits per heavy atom. The van der Waals surface area contributed by atoms with Gasteiger partial charge >= 0.3 is 5.97 Å². The number of carbonyl (C=O) groups excluding carboxylic acids is 2. The van der Waals surface area contributed by atoms with E-state index in [1.54, 1.807) is 14.2 Å². The Bertz CT molecular complexity index is 1340. The topological polar surface area (TPSA) is 137 Å². The van der Waals surface area contributed by atoms with Crippen molar-refractivity contribution in [1.29, 1.82) is 0 Å². The highest BCUT2D eigenvalue weighted by Gasteiger charge is 2.50. The smallest absolute Gasteiger partial charge is 0.303 e. The van der Waals surface area contributed by atoms with Crippen molar-refractivity contribution >= 4 is 11.9 Å². The van der Waals surface area contributed by atoms with Crippen molar-refractivity contribution in [3.05, 3.63) is 95.6 Å². The number of nitrogens with one attached hydrogen (secondary N) is 1. The van der Waals surface area contributed by atoms with Gasteiger partial charge in [0.1, 0.15) is 35.3 Å². The van der Waals surface area contributed by atoms with Crippen LogP contribution in [0.25, 0.3) is 0 Å². The van der Waals surface area contributed by atoms with Gasteiger partial charge in [0.2, 0.25) is 5.91 Å². The minimum atomic E-state index is -1.14. The monoisotopic (exact) mass is 636 g/mol. The molecule has 3 N–H and O–H groups in total. The molecule has 3 aromatic rings. The third-order valence-corrected chi connectivity index (χ3v) is 7.86. The average Bonchev–Trinajstić information content (AvgIpc) is 3.07. The lowest BCUT2D eigenvalue weighted by molar-refractivity contribution is -0.282. The van der Waals surface area contributed by atoms with Gasteiger partial charge in [0.25, 0.3) is 0 Å². The molecular weight excluding hydrogens is 592 g/mol. The van der Waals surface area contributed by atoms with Crippen LogP contribution in [0.2, 0.25) is 0 Å². The average molecular weight is 637 g/mol. The minimum Gasteiger partial charge on any atom is -0.497 e. The first-order chi connectivity index (χ1) is 22.3. The van der Waals surface area contributed by atoms with Crippen molar-refractivity contribution in [3.63, 3.8) is 0 Å². The fourth-order valence-electron chi connectivity index (χ4n) is 5.75. The zero-order chi connectivity index (χ0) is 33.1. The first-order valence-electron chi connectivity index (χ1n) is 15.2. The van der Waals surface area contributed by atoms with Gasteiger partial charge in [-0.3, -0.25) is 9.59 Å². The maximum atomic E-state index is 12.3. The highest BCUT2D eigenvalue weighted by Crippen LogP contribution is 2.42. The summed E-state index contributed by atoms with van der Waals surface area (Å²) < 4.78 is 42.2. The Labute approximate surface area is 270 Å². The van der Waals surface area contributed by atoms with Crippen LogP contribution in [0.1, 0.15) is 37.0 Å². The molecule has 0 aliphatic carbocycles. The lowest BCUT2D eigenvalue weighted by Gasteiger charge is -2.46. The summed E-state index contributed by atoms with van der Waals surface area (Å²) in [5, 5.41) is 2.83. The summed E-state index contributed by atoms with van der Waals surface area (Å²) in [6, 6.07) is 24.3. The van der Waals surface area contributed by atoms with Gasteiger partial charge in [0.05, 0.1) is 27.4 Å². The number of ether oxygens (including phenoxy) is 7. The van der Waals surface area contributed by atoms with Crippen LogP contribution in [0, 0.1) is 0 Å². The van der Waals surface area contributed by atoms with Crippen molar-refractivity contribution < 1.29 is 42.7 Å². The number of esters is 1. The standard InChI is InChI=1S/C35H44N2O9/c1-23(38)37-31-33(45-24(2)39)32(42-5)30(46-34(31)43-21-9-20-36)22-44-35(25-10-7-6-8-11-25,26-12-16-28(40-3)17-13-26)27-14-18-29(41-4)19-15-27/h6-8,10-19,30-34H,9,20-22,36H2,1-5H3,(H,37,38)/t30-,31-,32+,33-,34-/m1/s1. The molecule has 1 aliphatic rings. The molecule has 1 saturated heterocycles. The Morgan fingerprint density at radius 1 is 0.826 bits per heavy atom. The third-order valence-electron chi connectivity index (χ3n) is 7.86. The SMILES string of the molecule is COc1ccc(C(OC[C@H]2O[C@@H](OCCCN)[C@H](NC(C)=O)[C@@H](OC(C)=O)[C@H]2OC)(c2ccccc2)c2ccc(OC)cc2)cc1. The number of carbonyl (C=O) groups is 2. The van der Waals surface area contributed by atoms with E-state index in [4.69, 9.17) is 38.9 Å². The second-order valence-corrected chi connectivity index (χ2v) is 10.9. The van der Waals surface area contributed by atoms with E-state index in [0.717, 1.165) is 16.7 Å². The van der Waals surface area contributed by atoms with E-state index in [1.165, 1.54) is 21.0 Å². The summed E-state index contributed by atoms with van der Waals surface area (Å²) in [7, 11) is 4.73. The normalized spacial score (nSPS) is 21.3. The molecule has 0 aromatic heterocycles. The fourth-order valence-corrected chi connectivity index (χ4v) is 5.75. The van der Waals surface area contributed by atoms with E-state index in [0.29, 0.717) is 24.5 Å². The maximum Gasteiger partial charge on any atom is 0.303 e. The summed E-state index contributed by atoms with van der Waals surface area (Å²) in [5.41, 5.74) is 7.09. The molecule has 4 rings (SSSR count). The number of hydrogen-bond donors (Lipinski definition) is 2. The molecule has 11 heteroatoms. The molecule has 0 bridgehead atoms. The predicted molar refractivity (Wildman–Crippen MR) is 171 cm³/mol. The van der Waals surface area contributed by atoms with E-state index in [-0.39, 0.29) is 19.1 Å². The van der Waals surface area contributed by atoms with Gasteiger partial charge in [-0.2, -0.15) is 0 Å². The van der Waals surface area contributed by atoms with E-state index in [9.17, 15) is 9.59 Å². The lowest BCUT2D eigenvalue weighted by atomic mass is 9.80. The van der Waals surface area contributed by atoms with Crippen LogP contribution in [-0.2, 0) is 38.9 Å². The van der Waals surface area contributed by atoms with Crippen LogP contribution in [0.4, 0.5) is 0 Å². The quantitative estimate of drug-likeness (QED) is 0.145. The van der Waals surface area contributed by atoms with Crippen LogP contribution in [0.15, 0.2) is 78.9 Å². The largest absolute Gasteiger partial charge is 0.497 e. The lowest BCUT2D eigenvalue weighted by Crippen LogP contribution is -2.66. The van der Waals surface area contributed by atoms with Gasteiger partial charge in [-0.15, -0.1) is 0 Å². The van der Waals surface area contributed by atoms with E-state index in [1.807, 2.05) is 78.9 Å². The van der Waals surface area contributed by atoms with Crippen LogP contribution in [-0.4, -0.2) is 83.6 Å². The predicted octanol–water partition coefficient (Wildman–Crippen LogP) is 3.55. The molecule has 46 heavy (non-hydrogen) atoms. The Morgan fingerprint density at radius 2 is 1.39 bits per heavy atom. The van der Waals surface area contributed by atoms with Crippen molar-refractivity contribution in [1.82, 2.24) is 5.32 Å². The summed E-state index contributed by atoms with van der Waals surface area (Å²) in [4.78, 5) is 24.6. The molecule has 0 saturated carbocycles. The molecule has 1 fully saturated rings. The second-order valence-electron chi connectivity index (χ2n) is 10.9. The molecule has 5 atom stereocenters. The van der Waals surface area contributed by atoms with Gasteiger partial charge in [-0.25, -0.2) is 0 Å². The molecule has 1 aliphatic heterocycles. The number of rotatable bonds is 15. The van der Waals surface area contributed by atoms with E-state index >= 15 is 0 Å². The van der Waals surface area contributed by atoms with Crippen LogP contribution >= 0.6 is 0 Å². The Balaban J connectivity index is 1.81. The summed E-state index contributed by atoms with van der Waals surface area (Å²) in [6.45, 7) is 3.32. The number of nitrogens with two attached hydrogens (primary N) is 1. The number of hydrogen-bond acceptors (Lipinski definition) is 10. The number of benzene rings is 3. The molecular formula is C35H44N2O9. The van der Waals surface area contributed by atoms with E-state index < -0.39 is 42.2 Å². The molecule has 11 nitrogen and oxygen atoms in total. The fraction of sp³-hybridized carbons (Fsp3) is 0.429. The molecule has 1 heterocycles. The first kappa shape index (κ1) is 34.9. The number of amides is 1. The maximum absolute atomic E-state index is 12.3.